The fraction of sp³-hybridized carbons (Fsp3) is 0.833. The predicted octanol–water partition coefficient (Wildman–Crippen LogP) is 2.56. The minimum Gasteiger partial charge on any atom is -0.341 e. The number of halogens is 2. The van der Waals surface area contributed by atoms with Crippen LogP contribution in [0.15, 0.2) is 0 Å². The van der Waals surface area contributed by atoms with E-state index in [-0.39, 0.29) is 63.6 Å². The molecule has 4 aliphatic rings. The van der Waals surface area contributed by atoms with Gasteiger partial charge in [0.2, 0.25) is 17.7 Å². The largest absolute Gasteiger partial charge is 0.341 e. The molecule has 0 unspecified atom stereocenters. The van der Waals surface area contributed by atoms with E-state index in [2.05, 4.69) is 31.9 Å². The average molecular weight is 476 g/mol. The van der Waals surface area contributed by atoms with Crippen LogP contribution in [0, 0.1) is 23.7 Å². The highest BCUT2D eigenvalue weighted by atomic mass is 79.9. The minimum atomic E-state index is -0.233. The van der Waals surface area contributed by atoms with Gasteiger partial charge in [0, 0.05) is 22.7 Å². The quantitative estimate of drug-likeness (QED) is 0.465. The molecule has 4 fully saturated rings. The van der Waals surface area contributed by atoms with Crippen molar-refractivity contribution in [3.63, 3.8) is 0 Å². The van der Waals surface area contributed by atoms with Gasteiger partial charge in [-0.2, -0.15) is 0 Å². The van der Waals surface area contributed by atoms with Crippen LogP contribution in [0.5, 0.6) is 0 Å². The van der Waals surface area contributed by atoms with Crippen molar-refractivity contribution < 1.29 is 14.4 Å². The number of amides is 3. The van der Waals surface area contributed by atoms with Crippen molar-refractivity contribution in [2.75, 3.05) is 13.6 Å². The van der Waals surface area contributed by atoms with Crippen molar-refractivity contribution in [3.8, 4) is 0 Å². The molecule has 4 rings (SSSR count). The van der Waals surface area contributed by atoms with Crippen LogP contribution in [-0.4, -0.2) is 56.8 Å². The number of likely N-dealkylation sites (N-methyl/N-ethyl adjacent to an activating group) is 1. The summed E-state index contributed by atoms with van der Waals surface area (Å²) >= 11 is 7.37. The summed E-state index contributed by atoms with van der Waals surface area (Å²) in [7, 11) is 1.82. The topological polar surface area (TPSA) is 57.7 Å². The third kappa shape index (κ3) is 2.71. The molecule has 0 N–H and O–H groups in total. The van der Waals surface area contributed by atoms with E-state index in [4.69, 9.17) is 0 Å². The van der Waals surface area contributed by atoms with Crippen LogP contribution in [0.2, 0.25) is 0 Å². The van der Waals surface area contributed by atoms with Crippen LogP contribution in [0.4, 0.5) is 0 Å². The highest BCUT2D eigenvalue weighted by molar-refractivity contribution is 9.12. The molecular formula is C18H24Br2N2O3. The smallest absolute Gasteiger partial charge is 0.242 e. The molecule has 138 valence electrons. The van der Waals surface area contributed by atoms with Gasteiger partial charge in [-0.1, -0.05) is 51.1 Å². The van der Waals surface area contributed by atoms with Crippen molar-refractivity contribution in [1.82, 2.24) is 9.80 Å². The van der Waals surface area contributed by atoms with Crippen molar-refractivity contribution in [2.24, 2.45) is 23.7 Å². The molecule has 3 saturated carbocycles. The van der Waals surface area contributed by atoms with Gasteiger partial charge >= 0.3 is 0 Å². The van der Waals surface area contributed by atoms with Gasteiger partial charge in [0.25, 0.3) is 0 Å². The molecule has 1 saturated heterocycles. The lowest BCUT2D eigenvalue weighted by atomic mass is 9.81. The molecule has 0 aromatic carbocycles. The summed E-state index contributed by atoms with van der Waals surface area (Å²) in [6, 6.07) is 0.253. The molecular weight excluding hydrogens is 452 g/mol. The first-order valence-corrected chi connectivity index (χ1v) is 11.1. The predicted molar refractivity (Wildman–Crippen MR) is 100 cm³/mol. The second kappa shape index (κ2) is 6.63. The number of fused-ring (bicyclic) bond motifs is 5. The number of nitrogens with zero attached hydrogens (tertiary/aromatic N) is 2. The Morgan fingerprint density at radius 3 is 2.08 bits per heavy atom. The molecule has 1 aliphatic heterocycles. The Bertz CT molecular complexity index is 575. The van der Waals surface area contributed by atoms with E-state index in [1.165, 1.54) is 11.3 Å². The Morgan fingerprint density at radius 2 is 1.56 bits per heavy atom. The maximum atomic E-state index is 12.9. The molecule has 0 aromatic heterocycles. The molecule has 5 nitrogen and oxygen atoms in total. The zero-order chi connectivity index (χ0) is 17.9. The molecule has 0 radical (unpaired) electrons. The Balaban J connectivity index is 1.46. The monoisotopic (exact) mass is 474 g/mol. The second-order valence-corrected chi connectivity index (χ2v) is 10.2. The summed E-state index contributed by atoms with van der Waals surface area (Å²) in [5, 5.41) is 0. The van der Waals surface area contributed by atoms with Gasteiger partial charge in [0.1, 0.15) is 6.54 Å². The molecule has 3 amide bonds. The van der Waals surface area contributed by atoms with Crippen molar-refractivity contribution in [3.05, 3.63) is 0 Å². The van der Waals surface area contributed by atoms with Gasteiger partial charge in [-0.25, -0.2) is 0 Å². The Hall–Kier alpha value is -0.430. The first kappa shape index (κ1) is 18.0. The van der Waals surface area contributed by atoms with Gasteiger partial charge in [-0.15, -0.1) is 0 Å². The van der Waals surface area contributed by atoms with E-state index in [0.29, 0.717) is 0 Å². The second-order valence-electron chi connectivity index (χ2n) is 8.06. The summed E-state index contributed by atoms with van der Waals surface area (Å²) in [4.78, 5) is 41.9. The number of carbonyl (C=O) groups is 3. The molecule has 0 aromatic rings. The van der Waals surface area contributed by atoms with E-state index in [1.54, 1.807) is 4.90 Å². The molecule has 7 heteroatoms. The lowest BCUT2D eigenvalue weighted by Gasteiger charge is -2.32. The maximum Gasteiger partial charge on any atom is 0.242 e. The lowest BCUT2D eigenvalue weighted by molar-refractivity contribution is -0.147. The van der Waals surface area contributed by atoms with Crippen molar-refractivity contribution >= 4 is 49.6 Å². The van der Waals surface area contributed by atoms with Crippen LogP contribution < -0.4 is 0 Å². The summed E-state index contributed by atoms with van der Waals surface area (Å²) in [6.07, 6.45) is 6.50. The van der Waals surface area contributed by atoms with Crippen LogP contribution in [-0.2, 0) is 14.4 Å². The summed E-state index contributed by atoms with van der Waals surface area (Å²) < 4.78 is 0. The fourth-order valence-electron chi connectivity index (χ4n) is 5.49. The zero-order valence-electron chi connectivity index (χ0n) is 14.4. The average Bonchev–Trinajstić information content (AvgIpc) is 3.22. The first-order chi connectivity index (χ1) is 11.9. The molecule has 3 aliphatic carbocycles. The van der Waals surface area contributed by atoms with Gasteiger partial charge in [-0.05, 0) is 31.1 Å². The fourth-order valence-corrected chi connectivity index (χ4v) is 7.36. The Morgan fingerprint density at radius 1 is 1.04 bits per heavy atom. The third-order valence-electron chi connectivity index (χ3n) is 6.89. The van der Waals surface area contributed by atoms with Gasteiger partial charge in [0.05, 0.1) is 11.8 Å². The number of likely N-dealkylation sites (tertiary alicyclic amines) is 1. The first-order valence-electron chi connectivity index (χ1n) is 9.31. The Labute approximate surface area is 165 Å². The van der Waals surface area contributed by atoms with E-state index in [1.807, 2.05) is 7.05 Å². The van der Waals surface area contributed by atoms with Crippen LogP contribution >= 0.6 is 31.9 Å². The Kier molecular flexibility index (Phi) is 4.76. The van der Waals surface area contributed by atoms with Crippen LogP contribution in [0.3, 0.4) is 0 Å². The van der Waals surface area contributed by atoms with E-state index in [9.17, 15) is 14.4 Å². The molecule has 2 bridgehead atoms. The normalized spacial score (nSPS) is 40.7. The molecule has 6 atom stereocenters. The van der Waals surface area contributed by atoms with Gasteiger partial charge < -0.3 is 4.90 Å². The minimum absolute atomic E-state index is 0.0863. The van der Waals surface area contributed by atoms with Crippen LogP contribution in [0.1, 0.15) is 38.5 Å². The number of hydrogen-bond donors (Lipinski definition) is 0. The van der Waals surface area contributed by atoms with Gasteiger partial charge in [0.15, 0.2) is 0 Å². The summed E-state index contributed by atoms with van der Waals surface area (Å²) in [5.41, 5.74) is 0. The number of imide groups is 1. The number of carbonyl (C=O) groups excluding carboxylic acids is 3. The van der Waals surface area contributed by atoms with Crippen molar-refractivity contribution in [1.29, 1.82) is 0 Å². The van der Waals surface area contributed by atoms with E-state index in [0.717, 1.165) is 32.1 Å². The number of alkyl halides is 2. The highest BCUT2D eigenvalue weighted by Crippen LogP contribution is 2.60. The highest BCUT2D eigenvalue weighted by Gasteiger charge is 2.66. The lowest BCUT2D eigenvalue weighted by Crippen LogP contribution is -2.46. The van der Waals surface area contributed by atoms with Gasteiger partial charge in [-0.3, -0.25) is 19.3 Å². The molecule has 25 heavy (non-hydrogen) atoms. The molecule has 0 spiro atoms. The van der Waals surface area contributed by atoms with E-state index >= 15 is 0 Å². The third-order valence-corrected chi connectivity index (χ3v) is 10.1. The van der Waals surface area contributed by atoms with Crippen LogP contribution in [0.25, 0.3) is 0 Å². The standard InChI is InChI=1S/C18H24Br2N2O3/c1-21(9-5-3-2-4-6-9)12(23)8-22-17(24)13-10-7-11(14(13)18(22)25)16(20)15(10)19/h9-11,13-16H,2-8H2,1H3/t10-,11+,13-,14-,15-,16+/m0/s1. The number of hydrogen-bond acceptors (Lipinski definition) is 3. The summed E-state index contributed by atoms with van der Waals surface area (Å²) in [6.45, 7) is -0.0863. The zero-order valence-corrected chi connectivity index (χ0v) is 17.5. The summed E-state index contributed by atoms with van der Waals surface area (Å²) in [5.74, 6) is -0.425. The van der Waals surface area contributed by atoms with Crippen molar-refractivity contribution in [2.45, 2.75) is 54.2 Å². The van der Waals surface area contributed by atoms with E-state index < -0.39 is 0 Å². The molecule has 1 heterocycles. The maximum absolute atomic E-state index is 12.9. The SMILES string of the molecule is CN(C(=O)CN1C(=O)[C@H]2[C@@H]3C[C@@H]([C@@H](Br)[C@H]3Br)[C@@H]2C1=O)C1CCCCC1. The number of rotatable bonds is 3.